The molecule has 0 saturated carbocycles. The minimum absolute atomic E-state index is 0. The van der Waals surface area contributed by atoms with E-state index in [9.17, 15) is 4.79 Å². The van der Waals surface area contributed by atoms with E-state index in [4.69, 9.17) is 4.42 Å². The van der Waals surface area contributed by atoms with Crippen LogP contribution in [0, 0.1) is 0 Å². The van der Waals surface area contributed by atoms with Crippen molar-refractivity contribution in [2.75, 3.05) is 0 Å². The number of fused-ring (bicyclic) bond motifs is 1. The van der Waals surface area contributed by atoms with Gasteiger partial charge < -0.3 is 4.42 Å². The summed E-state index contributed by atoms with van der Waals surface area (Å²) >= 11 is 0. The van der Waals surface area contributed by atoms with Crippen molar-refractivity contribution in [2.45, 2.75) is 0 Å². The lowest BCUT2D eigenvalue weighted by molar-refractivity contribution is -0.225. The van der Waals surface area contributed by atoms with Crippen LogP contribution >= 0.6 is 12.4 Å². The normalized spacial score (nSPS) is 9.67. The lowest BCUT2D eigenvalue weighted by Gasteiger charge is -1.99. The summed E-state index contributed by atoms with van der Waals surface area (Å²) < 4.78 is 4.75. The van der Waals surface area contributed by atoms with Gasteiger partial charge >= 0.3 is 11.6 Å². The van der Waals surface area contributed by atoms with E-state index in [1.165, 1.54) is 6.07 Å². The first kappa shape index (κ1) is 11.5. The monoisotopic (exact) mass is 229 g/mol. The Morgan fingerprint density at radius 3 is 2.73 bits per heavy atom. The third kappa shape index (κ3) is 2.27. The molecule has 2 N–H and O–H groups in total. The molecule has 0 saturated heterocycles. The molecular formula is C9H8ClNO4. The second kappa shape index (κ2) is 4.79. The van der Waals surface area contributed by atoms with Gasteiger partial charge in [-0.05, 0) is 11.5 Å². The van der Waals surface area contributed by atoms with Crippen LogP contribution < -0.4 is 16.4 Å². The molecule has 0 aliphatic carbocycles. The standard InChI is InChI=1S/C9H7NO4.ClH/c10-14-13-8-5-6-3-1-2-4-7(6)9(11)12-8;/h1-5H,10H2;1H. The van der Waals surface area contributed by atoms with Gasteiger partial charge in [-0.1, -0.05) is 23.2 Å². The largest absolute Gasteiger partial charge is 0.387 e. The molecule has 0 spiro atoms. The predicted molar refractivity (Wildman–Crippen MR) is 55.6 cm³/mol. The summed E-state index contributed by atoms with van der Waals surface area (Å²) in [7, 11) is 0. The summed E-state index contributed by atoms with van der Waals surface area (Å²) in [6.45, 7) is 0. The van der Waals surface area contributed by atoms with Gasteiger partial charge in [-0.15, -0.1) is 12.4 Å². The van der Waals surface area contributed by atoms with Crippen molar-refractivity contribution < 1.29 is 14.3 Å². The number of hydrogen-bond acceptors (Lipinski definition) is 5. The fourth-order valence-corrected chi connectivity index (χ4v) is 1.20. The zero-order valence-electron chi connectivity index (χ0n) is 7.51. The highest BCUT2D eigenvalue weighted by Gasteiger charge is 2.04. The van der Waals surface area contributed by atoms with Gasteiger partial charge in [-0.2, -0.15) is 5.90 Å². The maximum absolute atomic E-state index is 11.3. The smallest absolute Gasteiger partial charge is 0.346 e. The van der Waals surface area contributed by atoms with Crippen molar-refractivity contribution in [3.63, 3.8) is 0 Å². The van der Waals surface area contributed by atoms with Crippen LogP contribution in [-0.2, 0) is 4.99 Å². The van der Waals surface area contributed by atoms with Crippen LogP contribution in [0.15, 0.2) is 39.5 Å². The molecule has 2 rings (SSSR count). The molecule has 0 atom stereocenters. The summed E-state index contributed by atoms with van der Waals surface area (Å²) in [5.41, 5.74) is -0.491. The van der Waals surface area contributed by atoms with Crippen molar-refractivity contribution >= 4 is 23.2 Å². The van der Waals surface area contributed by atoms with Crippen LogP contribution in [0.5, 0.6) is 5.95 Å². The molecule has 0 amide bonds. The van der Waals surface area contributed by atoms with Crippen molar-refractivity contribution in [2.24, 2.45) is 5.90 Å². The van der Waals surface area contributed by atoms with Gasteiger partial charge in [-0.25, -0.2) is 4.79 Å². The quantitative estimate of drug-likeness (QED) is 0.622. The fraction of sp³-hybridized carbons (Fsp3) is 0. The molecular weight excluding hydrogens is 222 g/mol. The Hall–Kier alpha value is -1.56. The number of halogens is 1. The van der Waals surface area contributed by atoms with Gasteiger partial charge in [-0.3, -0.25) is 4.89 Å². The average Bonchev–Trinajstić information content (AvgIpc) is 2.18. The minimum atomic E-state index is -0.491. The predicted octanol–water partition coefficient (Wildman–Crippen LogP) is 1.40. The van der Waals surface area contributed by atoms with Gasteiger partial charge in [0.15, 0.2) is 0 Å². The average molecular weight is 230 g/mol. The van der Waals surface area contributed by atoms with Crippen LogP contribution in [0.4, 0.5) is 0 Å². The Balaban J connectivity index is 0.00000112. The van der Waals surface area contributed by atoms with Crippen LogP contribution in [0.2, 0.25) is 0 Å². The number of rotatable bonds is 2. The zero-order valence-corrected chi connectivity index (χ0v) is 8.32. The third-order valence-corrected chi connectivity index (χ3v) is 1.78. The Kier molecular flexibility index (Phi) is 3.68. The molecule has 1 aromatic heterocycles. The third-order valence-electron chi connectivity index (χ3n) is 1.78. The molecule has 0 fully saturated rings. The van der Waals surface area contributed by atoms with Crippen molar-refractivity contribution in [1.82, 2.24) is 0 Å². The Labute approximate surface area is 90.7 Å². The molecule has 0 unspecified atom stereocenters. The van der Waals surface area contributed by atoms with E-state index in [-0.39, 0.29) is 18.4 Å². The summed E-state index contributed by atoms with van der Waals surface area (Å²) in [4.78, 5) is 19.6. The first-order valence-electron chi connectivity index (χ1n) is 3.87. The second-order valence-electron chi connectivity index (χ2n) is 2.62. The van der Waals surface area contributed by atoms with Crippen molar-refractivity contribution in [3.05, 3.63) is 40.8 Å². The molecule has 0 radical (unpaired) electrons. The number of benzene rings is 1. The van der Waals surface area contributed by atoms with Crippen molar-refractivity contribution in [1.29, 1.82) is 0 Å². The molecule has 1 heterocycles. The summed E-state index contributed by atoms with van der Waals surface area (Å²) in [6.07, 6.45) is 0. The van der Waals surface area contributed by atoms with Crippen LogP contribution in [-0.4, -0.2) is 0 Å². The van der Waals surface area contributed by atoms with Crippen LogP contribution in [0.1, 0.15) is 0 Å². The summed E-state index contributed by atoms with van der Waals surface area (Å²) in [5, 5.41) is 1.19. The van der Waals surface area contributed by atoms with Crippen LogP contribution in [0.3, 0.4) is 0 Å². The van der Waals surface area contributed by atoms with E-state index in [0.29, 0.717) is 10.8 Å². The minimum Gasteiger partial charge on any atom is -0.387 e. The first-order valence-corrected chi connectivity index (χ1v) is 3.87. The van der Waals surface area contributed by atoms with E-state index >= 15 is 0 Å². The fourth-order valence-electron chi connectivity index (χ4n) is 1.20. The maximum atomic E-state index is 11.3. The van der Waals surface area contributed by atoms with E-state index < -0.39 is 5.63 Å². The van der Waals surface area contributed by atoms with Gasteiger partial charge in [0.2, 0.25) is 0 Å². The van der Waals surface area contributed by atoms with Gasteiger partial charge in [0.05, 0.1) is 5.39 Å². The van der Waals surface area contributed by atoms with E-state index in [1.54, 1.807) is 24.3 Å². The SMILES string of the molecule is Cl.NOOc1cc2ccccc2c(=O)o1. The molecule has 80 valence electrons. The van der Waals surface area contributed by atoms with Gasteiger partial charge in [0, 0.05) is 6.07 Å². The maximum Gasteiger partial charge on any atom is 0.346 e. The Bertz CT molecular complexity index is 511. The summed E-state index contributed by atoms with van der Waals surface area (Å²) in [6, 6.07) is 8.49. The van der Waals surface area contributed by atoms with Gasteiger partial charge in [0.25, 0.3) is 0 Å². The molecule has 1 aromatic carbocycles. The number of nitrogens with two attached hydrogens (primary N) is 1. The van der Waals surface area contributed by atoms with E-state index in [0.717, 1.165) is 0 Å². The van der Waals surface area contributed by atoms with Gasteiger partial charge in [0.1, 0.15) is 0 Å². The molecule has 5 nitrogen and oxygen atoms in total. The highest BCUT2D eigenvalue weighted by atomic mass is 35.5. The summed E-state index contributed by atoms with van der Waals surface area (Å²) in [5.74, 6) is 4.60. The molecule has 0 aliphatic rings. The van der Waals surface area contributed by atoms with E-state index in [2.05, 4.69) is 15.8 Å². The molecule has 0 aliphatic heterocycles. The highest BCUT2D eigenvalue weighted by Crippen LogP contribution is 2.16. The topological polar surface area (TPSA) is 74.7 Å². The lowest BCUT2D eigenvalue weighted by atomic mass is 10.2. The molecule has 2 aromatic rings. The zero-order chi connectivity index (χ0) is 9.97. The highest BCUT2D eigenvalue weighted by molar-refractivity contribution is 5.85. The van der Waals surface area contributed by atoms with Crippen LogP contribution in [0.25, 0.3) is 10.8 Å². The Morgan fingerprint density at radius 1 is 1.27 bits per heavy atom. The van der Waals surface area contributed by atoms with E-state index in [1.807, 2.05) is 0 Å². The molecule has 0 bridgehead atoms. The lowest BCUT2D eigenvalue weighted by Crippen LogP contribution is -2.06. The first-order chi connectivity index (χ1) is 6.81. The molecule has 6 heteroatoms. The number of hydrogen-bond donors (Lipinski definition) is 1. The molecule has 15 heavy (non-hydrogen) atoms. The van der Waals surface area contributed by atoms with Crippen molar-refractivity contribution in [3.8, 4) is 5.95 Å². The Morgan fingerprint density at radius 2 is 2.00 bits per heavy atom. The second-order valence-corrected chi connectivity index (χ2v) is 2.62.